The van der Waals surface area contributed by atoms with E-state index in [0.717, 1.165) is 10.2 Å². The van der Waals surface area contributed by atoms with E-state index in [9.17, 15) is 10.1 Å². The summed E-state index contributed by atoms with van der Waals surface area (Å²) < 4.78 is 2.47. The van der Waals surface area contributed by atoms with Crippen LogP contribution in [0, 0.1) is 18.3 Å². The number of rotatable bonds is 3. The van der Waals surface area contributed by atoms with Gasteiger partial charge in [-0.25, -0.2) is 0 Å². The number of carbonyl (C=O) groups excluding carboxylic acids is 1. The highest BCUT2D eigenvalue weighted by Crippen LogP contribution is 2.23. The Bertz CT molecular complexity index is 650. The summed E-state index contributed by atoms with van der Waals surface area (Å²) in [6, 6.07) is 11.0. The zero-order valence-electron chi connectivity index (χ0n) is 10.6. The second-order valence-electron chi connectivity index (χ2n) is 4.28. The predicted molar refractivity (Wildman–Crippen MR) is 74.8 cm³/mol. The summed E-state index contributed by atoms with van der Waals surface area (Å²) in [4.78, 5) is 12.3. The molecule has 0 aliphatic heterocycles. The summed E-state index contributed by atoms with van der Waals surface area (Å²) >= 11 is 3.34. The van der Waals surface area contributed by atoms with E-state index >= 15 is 0 Å². The molecule has 0 radical (unpaired) electrons. The molecule has 0 N–H and O–H groups in total. The zero-order chi connectivity index (χ0) is 14.0. The molecule has 1 aromatic heterocycles. The number of hydrogen-bond acceptors (Lipinski definition) is 3. The summed E-state index contributed by atoms with van der Waals surface area (Å²) in [6.07, 6.45) is 0. The summed E-state index contributed by atoms with van der Waals surface area (Å²) in [7, 11) is 1.77. The van der Waals surface area contributed by atoms with Crippen molar-refractivity contribution in [2.24, 2.45) is 7.05 Å². The molecule has 0 saturated carbocycles. The van der Waals surface area contributed by atoms with Gasteiger partial charge in [-0.05, 0) is 30.7 Å². The standard InChI is InChI=1S/C14H12BrN3O/c1-9-6-13(17-18(9)2)14(19)12(8-16)10-4-3-5-11(15)7-10/h3-7,12H,1-2H3. The van der Waals surface area contributed by atoms with E-state index in [-0.39, 0.29) is 5.78 Å². The zero-order valence-corrected chi connectivity index (χ0v) is 12.2. The largest absolute Gasteiger partial charge is 0.290 e. The van der Waals surface area contributed by atoms with E-state index in [4.69, 9.17) is 0 Å². The number of hydrogen-bond donors (Lipinski definition) is 0. The van der Waals surface area contributed by atoms with Crippen molar-refractivity contribution >= 4 is 21.7 Å². The van der Waals surface area contributed by atoms with E-state index in [1.807, 2.05) is 13.0 Å². The molecule has 96 valence electrons. The third-order valence-electron chi connectivity index (χ3n) is 2.94. The lowest BCUT2D eigenvalue weighted by Gasteiger charge is -2.07. The lowest BCUT2D eigenvalue weighted by atomic mass is 9.94. The first kappa shape index (κ1) is 13.5. The van der Waals surface area contributed by atoms with Crippen molar-refractivity contribution in [1.29, 1.82) is 5.26 Å². The monoisotopic (exact) mass is 317 g/mol. The van der Waals surface area contributed by atoms with Crippen molar-refractivity contribution in [2.75, 3.05) is 0 Å². The SMILES string of the molecule is Cc1cc(C(=O)C(C#N)c2cccc(Br)c2)nn1C. The minimum Gasteiger partial charge on any atom is -0.290 e. The average Bonchev–Trinajstić information content (AvgIpc) is 2.70. The van der Waals surface area contributed by atoms with Crippen molar-refractivity contribution in [3.63, 3.8) is 0 Å². The maximum Gasteiger partial charge on any atom is 0.204 e. The lowest BCUT2D eigenvalue weighted by Crippen LogP contribution is -2.12. The molecule has 0 bridgehead atoms. The molecule has 1 heterocycles. The molecule has 1 unspecified atom stereocenters. The maximum atomic E-state index is 12.3. The Morgan fingerprint density at radius 1 is 1.47 bits per heavy atom. The van der Waals surface area contributed by atoms with Gasteiger partial charge in [0.1, 0.15) is 11.6 Å². The van der Waals surface area contributed by atoms with Crippen LogP contribution in [0.5, 0.6) is 0 Å². The summed E-state index contributed by atoms with van der Waals surface area (Å²) in [5.74, 6) is -1.10. The van der Waals surface area contributed by atoms with Gasteiger partial charge in [0, 0.05) is 17.2 Å². The van der Waals surface area contributed by atoms with Crippen LogP contribution < -0.4 is 0 Å². The Morgan fingerprint density at radius 2 is 2.21 bits per heavy atom. The van der Waals surface area contributed by atoms with Gasteiger partial charge in [-0.1, -0.05) is 28.1 Å². The smallest absolute Gasteiger partial charge is 0.204 e. The van der Waals surface area contributed by atoms with E-state index in [1.165, 1.54) is 0 Å². The molecule has 0 spiro atoms. The Morgan fingerprint density at radius 3 is 2.74 bits per heavy atom. The molecule has 0 amide bonds. The van der Waals surface area contributed by atoms with Gasteiger partial charge in [-0.3, -0.25) is 9.48 Å². The first-order chi connectivity index (χ1) is 9.02. The molecule has 2 rings (SSSR count). The number of halogens is 1. The number of nitrogens with zero attached hydrogens (tertiary/aromatic N) is 3. The van der Waals surface area contributed by atoms with Crippen LogP contribution in [-0.2, 0) is 7.05 Å². The van der Waals surface area contributed by atoms with Crippen molar-refractivity contribution in [1.82, 2.24) is 9.78 Å². The Kier molecular flexibility index (Phi) is 3.82. The number of carbonyl (C=O) groups is 1. The topological polar surface area (TPSA) is 58.7 Å². The first-order valence-electron chi connectivity index (χ1n) is 5.73. The number of nitriles is 1. The third kappa shape index (κ3) is 2.74. The van der Waals surface area contributed by atoms with Gasteiger partial charge in [-0.15, -0.1) is 0 Å². The molecule has 1 aromatic carbocycles. The van der Waals surface area contributed by atoms with Gasteiger partial charge in [0.25, 0.3) is 0 Å². The number of benzene rings is 1. The van der Waals surface area contributed by atoms with Gasteiger partial charge in [-0.2, -0.15) is 10.4 Å². The Balaban J connectivity index is 2.38. The fourth-order valence-corrected chi connectivity index (χ4v) is 2.22. The molecule has 19 heavy (non-hydrogen) atoms. The van der Waals surface area contributed by atoms with Crippen LogP contribution in [0.2, 0.25) is 0 Å². The van der Waals surface area contributed by atoms with E-state index in [1.54, 1.807) is 36.0 Å². The summed E-state index contributed by atoms with van der Waals surface area (Å²) in [6.45, 7) is 1.87. The highest BCUT2D eigenvalue weighted by molar-refractivity contribution is 9.10. The van der Waals surface area contributed by atoms with Crippen LogP contribution >= 0.6 is 15.9 Å². The lowest BCUT2D eigenvalue weighted by molar-refractivity contribution is 0.0973. The second kappa shape index (κ2) is 5.37. The Hall–Kier alpha value is -1.93. The molecule has 4 nitrogen and oxygen atoms in total. The van der Waals surface area contributed by atoms with Crippen molar-refractivity contribution in [2.45, 2.75) is 12.8 Å². The second-order valence-corrected chi connectivity index (χ2v) is 5.19. The van der Waals surface area contributed by atoms with E-state index in [2.05, 4.69) is 27.1 Å². The predicted octanol–water partition coefficient (Wildman–Crippen LogP) is 2.98. The van der Waals surface area contributed by atoms with Crippen LogP contribution in [0.4, 0.5) is 0 Å². The molecule has 0 saturated heterocycles. The minimum absolute atomic E-state index is 0.274. The van der Waals surface area contributed by atoms with Crippen LogP contribution in [0.15, 0.2) is 34.8 Å². The van der Waals surface area contributed by atoms with Crippen LogP contribution in [0.25, 0.3) is 0 Å². The molecular weight excluding hydrogens is 306 g/mol. The van der Waals surface area contributed by atoms with Gasteiger partial charge in [0.2, 0.25) is 5.78 Å². The molecule has 0 aliphatic rings. The van der Waals surface area contributed by atoms with Crippen LogP contribution in [0.1, 0.15) is 27.7 Å². The number of aromatic nitrogens is 2. The molecule has 1 atom stereocenters. The number of aryl methyl sites for hydroxylation is 2. The van der Waals surface area contributed by atoms with Crippen molar-refractivity contribution < 1.29 is 4.79 Å². The minimum atomic E-state index is -0.827. The maximum absolute atomic E-state index is 12.3. The van der Waals surface area contributed by atoms with Crippen molar-refractivity contribution in [3.05, 3.63) is 51.8 Å². The normalized spacial score (nSPS) is 11.9. The molecule has 2 aromatic rings. The fourth-order valence-electron chi connectivity index (χ4n) is 1.80. The van der Waals surface area contributed by atoms with E-state index < -0.39 is 5.92 Å². The average molecular weight is 318 g/mol. The molecular formula is C14H12BrN3O. The molecule has 0 fully saturated rings. The summed E-state index contributed by atoms with van der Waals surface area (Å²) in [5, 5.41) is 13.4. The van der Waals surface area contributed by atoms with Gasteiger partial charge in [0.15, 0.2) is 0 Å². The molecule has 0 aliphatic carbocycles. The number of ketones is 1. The molecule has 5 heteroatoms. The quantitative estimate of drug-likeness (QED) is 0.818. The van der Waals surface area contributed by atoms with Gasteiger partial charge >= 0.3 is 0 Å². The third-order valence-corrected chi connectivity index (χ3v) is 3.43. The van der Waals surface area contributed by atoms with Gasteiger partial charge < -0.3 is 0 Å². The van der Waals surface area contributed by atoms with E-state index in [0.29, 0.717) is 11.3 Å². The van der Waals surface area contributed by atoms with Gasteiger partial charge in [0.05, 0.1) is 6.07 Å². The highest BCUT2D eigenvalue weighted by atomic mass is 79.9. The number of Topliss-reactive ketones (excluding diaryl/α,β-unsaturated/α-hetero) is 1. The van der Waals surface area contributed by atoms with Crippen LogP contribution in [0.3, 0.4) is 0 Å². The van der Waals surface area contributed by atoms with Crippen LogP contribution in [-0.4, -0.2) is 15.6 Å². The van der Waals surface area contributed by atoms with Crippen molar-refractivity contribution in [3.8, 4) is 6.07 Å². The first-order valence-corrected chi connectivity index (χ1v) is 6.52. The summed E-state index contributed by atoms with van der Waals surface area (Å²) in [5.41, 5.74) is 1.88. The highest BCUT2D eigenvalue weighted by Gasteiger charge is 2.24. The fraction of sp³-hybridized carbons (Fsp3) is 0.214. The Labute approximate surface area is 119 Å².